The molecule has 0 unspecified atom stereocenters. The van der Waals surface area contributed by atoms with Gasteiger partial charge in [-0.3, -0.25) is 4.55 Å². The maximum atomic E-state index is 8.63. The van der Waals surface area contributed by atoms with Crippen molar-refractivity contribution in [3.63, 3.8) is 0 Å². The molecule has 0 saturated heterocycles. The fraction of sp³-hybridized carbons (Fsp3) is 0. The predicted octanol–water partition coefficient (Wildman–Crippen LogP) is -6.87. The van der Waals surface area contributed by atoms with Crippen molar-refractivity contribution in [2.24, 2.45) is 0 Å². The van der Waals surface area contributed by atoms with Gasteiger partial charge in [0.1, 0.15) is 0 Å². The number of rotatable bonds is 0. The Morgan fingerprint density at radius 1 is 1.27 bits per heavy atom. The third-order valence-corrected chi connectivity index (χ3v) is 0. The van der Waals surface area contributed by atoms with Gasteiger partial charge in [-0.2, -0.15) is 0 Å². The summed E-state index contributed by atoms with van der Waals surface area (Å²) in [5.41, 5.74) is 0. The van der Waals surface area contributed by atoms with Gasteiger partial charge in [0.15, 0.2) is 0 Å². The summed E-state index contributed by atoms with van der Waals surface area (Å²) in [4.78, 5) is 0. The minimum atomic E-state index is -4.92. The minimum Gasteiger partial charge on any atom is 1.00 e. The molecule has 11 heteroatoms. The first-order chi connectivity index (χ1) is 3.73. The smallest absolute Gasteiger partial charge is 1.00 e. The molecule has 0 heterocycles. The van der Waals surface area contributed by atoms with Crippen LogP contribution in [0.1, 0.15) is 0 Å². The maximum absolute atomic E-state index is 8.63. The molecule has 0 atom stereocenters. The van der Waals surface area contributed by atoms with E-state index >= 15 is 0 Å². The molecule has 0 saturated carbocycles. The van der Waals surface area contributed by atoms with Crippen molar-refractivity contribution in [1.82, 2.24) is 0 Å². The Balaban J connectivity index is -0.0000000383. The van der Waals surface area contributed by atoms with Gasteiger partial charge in [-0.05, 0) is 0 Å². The zero-order valence-corrected chi connectivity index (χ0v) is 10.8. The summed E-state index contributed by atoms with van der Waals surface area (Å²) < 4.78 is 58.5. The van der Waals surface area contributed by atoms with E-state index in [0.29, 0.717) is 0 Å². The van der Waals surface area contributed by atoms with Crippen LogP contribution in [-0.2, 0) is 31.3 Å². The van der Waals surface area contributed by atoms with E-state index < -0.39 is 24.9 Å². The second kappa shape index (κ2) is 11.6. The molecule has 0 aliphatic rings. The monoisotopic (exact) mass is 303 g/mol. The van der Waals surface area contributed by atoms with Crippen molar-refractivity contribution in [2.45, 2.75) is 0 Å². The molecule has 0 rings (SSSR count). The van der Waals surface area contributed by atoms with Gasteiger partial charge in [-0.15, -0.1) is 0 Å². The molecule has 0 aromatic heterocycles. The third-order valence-electron chi connectivity index (χ3n) is 0. The zero-order chi connectivity index (χ0) is 8.08. The summed E-state index contributed by atoms with van der Waals surface area (Å²) in [5, 5.41) is 0. The molecule has 0 aliphatic heterocycles. The Hall–Kier alpha value is 1.63. The average molecular weight is 302 g/mol. The predicted molar refractivity (Wildman–Crippen MR) is 18.8 cm³/mol. The molecular weight excluding hydrogens is 301 g/mol. The second-order valence-corrected chi connectivity index (χ2v) is 2.34. The van der Waals surface area contributed by atoms with Crippen molar-refractivity contribution in [1.29, 1.82) is 0 Å². The fourth-order valence-electron chi connectivity index (χ4n) is 0. The van der Waals surface area contributed by atoms with Crippen LogP contribution < -0.4 is 37.9 Å². The van der Waals surface area contributed by atoms with E-state index in [-0.39, 0.29) is 46.6 Å². The molecule has 1 radical (unpaired) electrons. The van der Waals surface area contributed by atoms with Crippen molar-refractivity contribution in [3.8, 4) is 0 Å². The molecule has 0 amide bonds. The topological polar surface area (TPSA) is 141 Å². The van der Waals surface area contributed by atoms with Gasteiger partial charge in [0.05, 0.1) is 0 Å². The van der Waals surface area contributed by atoms with Crippen molar-refractivity contribution in [2.75, 3.05) is 0 Å². The summed E-state index contributed by atoms with van der Waals surface area (Å²) in [6.07, 6.45) is 0. The molecule has 0 bridgehead atoms. The van der Waals surface area contributed by atoms with Crippen LogP contribution >= 0.6 is 0 Å². The van der Waals surface area contributed by atoms with Crippen LogP contribution in [0, 0.1) is 0 Å². The van der Waals surface area contributed by atoms with Crippen LogP contribution in [-0.4, -0.2) is 32.0 Å². The van der Waals surface area contributed by atoms with E-state index in [4.69, 9.17) is 29.7 Å². The van der Waals surface area contributed by atoms with Gasteiger partial charge in [0.25, 0.3) is 0 Å². The van der Waals surface area contributed by atoms with Gasteiger partial charge >= 0.3 is 73.3 Å². The Bertz CT molecular complexity index is 161. The van der Waals surface area contributed by atoms with Crippen LogP contribution in [0.25, 0.3) is 0 Å². The largest absolute Gasteiger partial charge is 2.00 e. The molecule has 0 aromatic rings. The van der Waals surface area contributed by atoms with Crippen LogP contribution in [0.15, 0.2) is 0 Å². The molecule has 1 N–H and O–H groups in total. The van der Waals surface area contributed by atoms with Crippen LogP contribution in [0.4, 0.5) is 0 Å². The van der Waals surface area contributed by atoms with Gasteiger partial charge < -0.3 is 4.55 Å². The van der Waals surface area contributed by atoms with Crippen molar-refractivity contribution < 1.29 is 76.4 Å². The van der Waals surface area contributed by atoms with E-state index in [9.17, 15) is 0 Å². The standard InChI is InChI=1S/Mn.Na.H2O4S.H2O3Se/c;;1-5(2,3)4;1-4(2)3/h;;(H2,1,2,3,4);(H2,1,2,3)/q+2;+1;;/p-3. The van der Waals surface area contributed by atoms with E-state index in [2.05, 4.69) is 0 Å². The first-order valence-corrected chi connectivity index (χ1v) is 4.65. The Labute approximate surface area is 100 Å². The first kappa shape index (κ1) is 22.9. The number of hydrogen-bond acceptors (Lipinski definition) is 6. The summed E-state index contributed by atoms with van der Waals surface area (Å²) in [6.45, 7) is 0. The minimum absolute atomic E-state index is 0. The Morgan fingerprint density at radius 3 is 1.27 bits per heavy atom. The quantitative estimate of drug-likeness (QED) is 0.266. The summed E-state index contributed by atoms with van der Waals surface area (Å²) >= 11 is -3.79. The average Bonchev–Trinajstić information content (AvgIpc) is 1.19. The van der Waals surface area contributed by atoms with Gasteiger partial charge in [0, 0.05) is 0 Å². The molecule has 11 heavy (non-hydrogen) atoms. The summed E-state index contributed by atoms with van der Waals surface area (Å²) in [5.74, 6) is 0. The maximum Gasteiger partial charge on any atom is 2.00 e. The van der Waals surface area contributed by atoms with E-state index in [1.807, 2.05) is 0 Å². The second-order valence-electron chi connectivity index (χ2n) is 0.632. The molecule has 7 nitrogen and oxygen atoms in total. The van der Waals surface area contributed by atoms with Crippen LogP contribution in [0.5, 0.6) is 0 Å². The summed E-state index contributed by atoms with van der Waals surface area (Å²) in [7, 11) is -4.92. The molecule has 0 spiro atoms. The van der Waals surface area contributed by atoms with Gasteiger partial charge in [0.2, 0.25) is 10.4 Å². The normalized spacial score (nSPS) is 8.45. The molecule has 63 valence electrons. The molecule has 0 aromatic carbocycles. The number of hydrogen-bond donors (Lipinski definition) is 1. The van der Waals surface area contributed by atoms with Gasteiger partial charge in [-0.25, -0.2) is 8.42 Å². The molecule has 0 fully saturated rings. The Kier molecular flexibility index (Phi) is 24.2. The molecule has 0 aliphatic carbocycles. The SMILES string of the molecule is O=S(=O)([O-])O.O=[Se]([O-])[O-].[Mn+2].[Na+]. The fourth-order valence-corrected chi connectivity index (χ4v) is 0. The van der Waals surface area contributed by atoms with E-state index in [0.717, 1.165) is 0 Å². The summed E-state index contributed by atoms with van der Waals surface area (Å²) in [6, 6.07) is 0. The van der Waals surface area contributed by atoms with E-state index in [1.54, 1.807) is 0 Å². The van der Waals surface area contributed by atoms with Crippen LogP contribution in [0.2, 0.25) is 0 Å². The van der Waals surface area contributed by atoms with Crippen molar-refractivity contribution in [3.05, 3.63) is 0 Å². The molecular formula is HMnNaO7SSe. The first-order valence-electron chi connectivity index (χ1n) is 1.18. The van der Waals surface area contributed by atoms with Gasteiger partial charge in [-0.1, -0.05) is 0 Å². The van der Waals surface area contributed by atoms with Crippen molar-refractivity contribution >= 4 is 24.9 Å². The Morgan fingerprint density at radius 2 is 1.27 bits per heavy atom. The zero-order valence-electron chi connectivity index (χ0n) is 5.09. The van der Waals surface area contributed by atoms with Crippen LogP contribution in [0.3, 0.4) is 0 Å². The van der Waals surface area contributed by atoms with E-state index in [1.165, 1.54) is 0 Å². The third kappa shape index (κ3) is 406.